The zero-order valence-corrected chi connectivity index (χ0v) is 14.7. The Morgan fingerprint density at radius 2 is 0.957 bits per heavy atom. The summed E-state index contributed by atoms with van der Waals surface area (Å²) < 4.78 is 0. The predicted octanol–water partition coefficient (Wildman–Crippen LogP) is 0.740. The molecule has 2 heteroatoms. The standard InChI is InChI=1S/C21H21N.BrH/c1-4-10-18(11-5-1)16-21(17-19-12-6-2-7-13-19)22-20-14-8-3-9-15-20;/h1-15,21-22H,16-17H2;1H. The molecule has 0 aliphatic heterocycles. The molecule has 0 amide bonds. The third-order valence-electron chi connectivity index (χ3n) is 3.91. The van der Waals surface area contributed by atoms with Gasteiger partial charge in [-0.1, -0.05) is 78.9 Å². The summed E-state index contributed by atoms with van der Waals surface area (Å²) in [6.07, 6.45) is 2.15. The highest BCUT2D eigenvalue weighted by molar-refractivity contribution is 5.27. The maximum atomic E-state index is 2.40. The van der Waals surface area contributed by atoms with E-state index in [2.05, 4.69) is 96.3 Å². The lowest BCUT2D eigenvalue weighted by atomic mass is 9.98. The van der Waals surface area contributed by atoms with Gasteiger partial charge in [-0.25, -0.2) is 0 Å². The summed E-state index contributed by atoms with van der Waals surface area (Å²) >= 11 is 0. The fourth-order valence-electron chi connectivity index (χ4n) is 2.86. The van der Waals surface area contributed by atoms with Gasteiger partial charge in [-0.2, -0.15) is 0 Å². The van der Waals surface area contributed by atoms with Crippen LogP contribution in [0.4, 0.5) is 5.69 Å². The number of rotatable bonds is 6. The van der Waals surface area contributed by atoms with Crippen molar-refractivity contribution in [2.75, 3.05) is 0 Å². The summed E-state index contributed by atoms with van der Waals surface area (Å²) in [6, 6.07) is 32.7. The van der Waals surface area contributed by atoms with Crippen LogP contribution in [-0.4, -0.2) is 6.04 Å². The maximum Gasteiger partial charge on any atom is 0.129 e. The number of halogens is 1. The molecule has 23 heavy (non-hydrogen) atoms. The van der Waals surface area contributed by atoms with E-state index < -0.39 is 0 Å². The zero-order valence-electron chi connectivity index (χ0n) is 13.1. The first kappa shape index (κ1) is 17.5. The van der Waals surface area contributed by atoms with E-state index in [-0.39, 0.29) is 17.0 Å². The molecule has 0 fully saturated rings. The van der Waals surface area contributed by atoms with Gasteiger partial charge in [-0.05, 0) is 23.3 Å². The minimum absolute atomic E-state index is 0. The van der Waals surface area contributed by atoms with Gasteiger partial charge in [-0.3, -0.25) is 0 Å². The van der Waals surface area contributed by atoms with E-state index in [9.17, 15) is 0 Å². The van der Waals surface area contributed by atoms with Gasteiger partial charge in [0.25, 0.3) is 0 Å². The first-order chi connectivity index (χ1) is 10.9. The predicted molar refractivity (Wildman–Crippen MR) is 92.1 cm³/mol. The molecule has 0 unspecified atom stereocenters. The van der Waals surface area contributed by atoms with Crippen molar-refractivity contribution in [3.8, 4) is 0 Å². The van der Waals surface area contributed by atoms with E-state index in [1.165, 1.54) is 16.8 Å². The first-order valence-corrected chi connectivity index (χ1v) is 7.88. The second-order valence-electron chi connectivity index (χ2n) is 5.72. The first-order valence-electron chi connectivity index (χ1n) is 7.88. The van der Waals surface area contributed by atoms with Crippen LogP contribution in [0.25, 0.3) is 0 Å². The highest BCUT2D eigenvalue weighted by atomic mass is 79.9. The second kappa shape index (κ2) is 9.29. The molecule has 0 aliphatic carbocycles. The van der Waals surface area contributed by atoms with Gasteiger partial charge < -0.3 is 22.3 Å². The lowest BCUT2D eigenvalue weighted by Crippen LogP contribution is -3.00. The summed E-state index contributed by atoms with van der Waals surface area (Å²) in [4.78, 5) is 0. The van der Waals surface area contributed by atoms with Crippen molar-refractivity contribution in [3.05, 3.63) is 102 Å². The average molecular weight is 368 g/mol. The van der Waals surface area contributed by atoms with Crippen LogP contribution in [0.15, 0.2) is 91.0 Å². The Bertz CT molecular complexity index is 569. The molecule has 0 saturated heterocycles. The number of hydrogen-bond acceptors (Lipinski definition) is 0. The smallest absolute Gasteiger partial charge is 0.129 e. The van der Waals surface area contributed by atoms with Crippen LogP contribution in [0.2, 0.25) is 0 Å². The van der Waals surface area contributed by atoms with Crippen LogP contribution < -0.4 is 22.3 Å². The molecule has 0 heterocycles. The van der Waals surface area contributed by atoms with E-state index in [1.807, 2.05) is 0 Å². The van der Waals surface area contributed by atoms with Gasteiger partial charge in [0.05, 0.1) is 6.04 Å². The third-order valence-corrected chi connectivity index (χ3v) is 3.91. The summed E-state index contributed by atoms with van der Waals surface area (Å²) in [5, 5.41) is 2.40. The molecule has 0 saturated carbocycles. The summed E-state index contributed by atoms with van der Waals surface area (Å²) in [5.41, 5.74) is 4.10. The molecular formula is C21H22BrN. The minimum atomic E-state index is 0. The molecule has 1 nitrogen and oxygen atoms in total. The van der Waals surface area contributed by atoms with E-state index in [1.54, 1.807) is 0 Å². The lowest BCUT2D eigenvalue weighted by molar-refractivity contribution is -0.610. The molecule has 3 aromatic rings. The second-order valence-corrected chi connectivity index (χ2v) is 5.72. The van der Waals surface area contributed by atoms with Crippen molar-refractivity contribution in [1.82, 2.24) is 0 Å². The third kappa shape index (κ3) is 5.66. The topological polar surface area (TPSA) is 16.6 Å². The van der Waals surface area contributed by atoms with Crippen molar-refractivity contribution < 1.29 is 22.3 Å². The molecule has 3 aromatic carbocycles. The van der Waals surface area contributed by atoms with Gasteiger partial charge in [0.1, 0.15) is 5.69 Å². The SMILES string of the molecule is [Br-].c1ccc(CC(Cc2ccccc2)[NH2+]c2ccccc2)cc1. The van der Waals surface area contributed by atoms with E-state index in [0.29, 0.717) is 6.04 Å². The Kier molecular flexibility index (Phi) is 7.05. The monoisotopic (exact) mass is 367 g/mol. The molecular weight excluding hydrogens is 346 g/mol. The minimum Gasteiger partial charge on any atom is -1.00 e. The molecule has 3 rings (SSSR count). The molecule has 0 aliphatic rings. The quantitative estimate of drug-likeness (QED) is 0.619. The van der Waals surface area contributed by atoms with Crippen LogP contribution in [0.5, 0.6) is 0 Å². The van der Waals surface area contributed by atoms with Crippen molar-refractivity contribution in [3.63, 3.8) is 0 Å². The van der Waals surface area contributed by atoms with Crippen LogP contribution in [0.1, 0.15) is 11.1 Å². The summed E-state index contributed by atoms with van der Waals surface area (Å²) in [5.74, 6) is 0. The Hall–Kier alpha value is -1.90. The highest BCUT2D eigenvalue weighted by Gasteiger charge is 2.14. The van der Waals surface area contributed by atoms with E-state index >= 15 is 0 Å². The molecule has 0 atom stereocenters. The van der Waals surface area contributed by atoms with E-state index in [4.69, 9.17) is 0 Å². The van der Waals surface area contributed by atoms with Crippen LogP contribution in [-0.2, 0) is 12.8 Å². The van der Waals surface area contributed by atoms with Crippen LogP contribution >= 0.6 is 0 Å². The van der Waals surface area contributed by atoms with Gasteiger partial charge in [0.15, 0.2) is 0 Å². The summed E-state index contributed by atoms with van der Waals surface area (Å²) in [7, 11) is 0. The van der Waals surface area contributed by atoms with Crippen molar-refractivity contribution in [1.29, 1.82) is 0 Å². The number of hydrogen-bond donors (Lipinski definition) is 1. The Morgan fingerprint density at radius 1 is 0.565 bits per heavy atom. The van der Waals surface area contributed by atoms with Gasteiger partial charge in [-0.15, -0.1) is 0 Å². The van der Waals surface area contributed by atoms with Gasteiger partial charge in [0, 0.05) is 12.8 Å². The largest absolute Gasteiger partial charge is 1.00 e. The maximum absolute atomic E-state index is 2.40. The van der Waals surface area contributed by atoms with Crippen LogP contribution in [0.3, 0.4) is 0 Å². The van der Waals surface area contributed by atoms with Gasteiger partial charge in [0.2, 0.25) is 0 Å². The van der Waals surface area contributed by atoms with Crippen molar-refractivity contribution in [2.45, 2.75) is 18.9 Å². The number of quaternary nitrogens is 1. The fourth-order valence-corrected chi connectivity index (χ4v) is 2.86. The van der Waals surface area contributed by atoms with Crippen LogP contribution in [0, 0.1) is 0 Å². The summed E-state index contributed by atoms with van der Waals surface area (Å²) in [6.45, 7) is 0. The Labute approximate surface area is 149 Å². The number of nitrogens with two attached hydrogens (primary N) is 1. The van der Waals surface area contributed by atoms with Crippen molar-refractivity contribution in [2.24, 2.45) is 0 Å². The lowest BCUT2D eigenvalue weighted by Gasteiger charge is -2.16. The molecule has 0 radical (unpaired) electrons. The fraction of sp³-hybridized carbons (Fsp3) is 0.143. The van der Waals surface area contributed by atoms with E-state index in [0.717, 1.165) is 12.8 Å². The average Bonchev–Trinajstić information content (AvgIpc) is 2.57. The zero-order chi connectivity index (χ0) is 15.0. The van der Waals surface area contributed by atoms with Crippen molar-refractivity contribution >= 4 is 5.69 Å². The molecule has 118 valence electrons. The molecule has 0 spiro atoms. The molecule has 0 bridgehead atoms. The highest BCUT2D eigenvalue weighted by Crippen LogP contribution is 2.08. The normalized spacial score (nSPS) is 10.3. The molecule has 0 aromatic heterocycles. The van der Waals surface area contributed by atoms with Gasteiger partial charge >= 0.3 is 0 Å². The number of benzene rings is 3. The number of para-hydroxylation sites is 1. The Balaban J connectivity index is 0.00000192. The molecule has 2 N–H and O–H groups in total. The Morgan fingerprint density at radius 3 is 1.39 bits per heavy atom.